The number of aryl methyl sites for hydroxylation is 1. The molecule has 0 aliphatic rings. The van der Waals surface area contributed by atoms with Crippen molar-refractivity contribution in [2.75, 3.05) is 23.3 Å². The van der Waals surface area contributed by atoms with E-state index in [2.05, 4.69) is 35.4 Å². The summed E-state index contributed by atoms with van der Waals surface area (Å²) in [6, 6.07) is 8.05. The Bertz CT molecular complexity index is 646. The largest absolute Gasteiger partial charge is 0.372 e. The van der Waals surface area contributed by atoms with Crippen molar-refractivity contribution < 1.29 is 4.79 Å². The molecule has 5 nitrogen and oxygen atoms in total. The van der Waals surface area contributed by atoms with E-state index in [1.807, 2.05) is 45.9 Å². The fraction of sp³-hybridized carbons (Fsp3) is 0.474. The van der Waals surface area contributed by atoms with Crippen molar-refractivity contribution in [2.24, 2.45) is 0 Å². The van der Waals surface area contributed by atoms with Gasteiger partial charge < -0.3 is 15.5 Å². The number of nitrogens with one attached hydrogen (secondary N) is 2. The van der Waals surface area contributed by atoms with Gasteiger partial charge in [0, 0.05) is 36.2 Å². The molecule has 130 valence electrons. The maximum atomic E-state index is 12.1. The van der Waals surface area contributed by atoms with Crippen molar-refractivity contribution >= 4 is 17.3 Å². The third kappa shape index (κ3) is 5.62. The van der Waals surface area contributed by atoms with Gasteiger partial charge in [0.05, 0.1) is 0 Å². The van der Waals surface area contributed by atoms with Gasteiger partial charge in [-0.3, -0.25) is 4.79 Å². The number of anilines is 2. The van der Waals surface area contributed by atoms with Crippen molar-refractivity contribution in [3.05, 3.63) is 35.5 Å². The first-order valence-electron chi connectivity index (χ1n) is 8.26. The van der Waals surface area contributed by atoms with E-state index in [1.54, 1.807) is 0 Å². The summed E-state index contributed by atoms with van der Waals surface area (Å²) in [5, 5.41) is 15.0. The predicted octanol–water partition coefficient (Wildman–Crippen LogP) is 3.58. The highest BCUT2D eigenvalue weighted by molar-refractivity contribution is 5.98. The van der Waals surface area contributed by atoms with E-state index in [1.165, 1.54) is 6.20 Å². The lowest BCUT2D eigenvalue weighted by Crippen LogP contribution is -2.41. The van der Waals surface area contributed by atoms with Gasteiger partial charge in [-0.25, -0.2) is 0 Å². The molecule has 0 radical (unpaired) electrons. The van der Waals surface area contributed by atoms with Gasteiger partial charge in [0.25, 0.3) is 5.91 Å². The second-order valence-corrected chi connectivity index (χ2v) is 6.69. The molecule has 0 bridgehead atoms. The molecule has 0 unspecified atom stereocenters. The first kappa shape index (κ1) is 19.6. The Kier molecular flexibility index (Phi) is 6.84. The number of nitrogens with zero attached hydrogens (tertiary/aromatic N) is 2. The maximum Gasteiger partial charge on any atom is 0.263 e. The molecule has 2 N–H and O–H groups in total. The Balaban J connectivity index is 2.92. The van der Waals surface area contributed by atoms with Gasteiger partial charge in [-0.1, -0.05) is 0 Å². The lowest BCUT2D eigenvalue weighted by atomic mass is 10.1. The molecule has 1 amide bonds. The van der Waals surface area contributed by atoms with Gasteiger partial charge in [0.2, 0.25) is 0 Å². The first-order valence-corrected chi connectivity index (χ1v) is 8.26. The molecule has 0 fully saturated rings. The van der Waals surface area contributed by atoms with E-state index >= 15 is 0 Å². The van der Waals surface area contributed by atoms with Gasteiger partial charge in [0.15, 0.2) is 0 Å². The van der Waals surface area contributed by atoms with Gasteiger partial charge in [-0.05, 0) is 65.3 Å². The van der Waals surface area contributed by atoms with E-state index in [0.717, 1.165) is 30.0 Å². The summed E-state index contributed by atoms with van der Waals surface area (Å²) in [5.41, 5.74) is 2.77. The van der Waals surface area contributed by atoms with Crippen LogP contribution in [-0.4, -0.2) is 24.5 Å². The highest BCUT2D eigenvalue weighted by Crippen LogP contribution is 2.22. The fourth-order valence-electron chi connectivity index (χ4n) is 2.30. The van der Waals surface area contributed by atoms with Crippen LogP contribution in [0, 0.1) is 18.3 Å². The molecular weight excluding hydrogens is 300 g/mol. The molecule has 0 aliphatic carbocycles. The molecule has 1 aromatic rings. The number of carbonyl (C=O) groups excluding carboxylic acids is 1. The van der Waals surface area contributed by atoms with Crippen molar-refractivity contribution in [1.29, 1.82) is 5.26 Å². The van der Waals surface area contributed by atoms with Crippen LogP contribution in [0.25, 0.3) is 0 Å². The minimum absolute atomic E-state index is 0.0529. The smallest absolute Gasteiger partial charge is 0.263 e. The Morgan fingerprint density at radius 1 is 1.29 bits per heavy atom. The monoisotopic (exact) mass is 328 g/mol. The zero-order valence-electron chi connectivity index (χ0n) is 15.5. The minimum Gasteiger partial charge on any atom is -0.372 e. The molecule has 0 heterocycles. The standard InChI is InChI=1S/C19H28N4O/c1-7-23(8-2)16-9-10-17(14(3)11-16)21-13-15(12-20)18(24)22-19(4,5)6/h9-11,13,21H,7-8H2,1-6H3,(H,22,24)/b15-13-. The van der Waals surface area contributed by atoms with Gasteiger partial charge in [-0.15, -0.1) is 0 Å². The van der Waals surface area contributed by atoms with E-state index in [9.17, 15) is 10.1 Å². The van der Waals surface area contributed by atoms with Crippen LogP contribution in [0.1, 0.15) is 40.2 Å². The lowest BCUT2D eigenvalue weighted by molar-refractivity contribution is -0.118. The summed E-state index contributed by atoms with van der Waals surface area (Å²) in [4.78, 5) is 14.3. The fourth-order valence-corrected chi connectivity index (χ4v) is 2.30. The van der Waals surface area contributed by atoms with E-state index < -0.39 is 0 Å². The van der Waals surface area contributed by atoms with Crippen molar-refractivity contribution in [3.63, 3.8) is 0 Å². The topological polar surface area (TPSA) is 68.2 Å². The molecule has 0 aromatic heterocycles. The highest BCUT2D eigenvalue weighted by Gasteiger charge is 2.17. The Morgan fingerprint density at radius 3 is 2.38 bits per heavy atom. The second-order valence-electron chi connectivity index (χ2n) is 6.69. The molecule has 0 saturated carbocycles. The summed E-state index contributed by atoms with van der Waals surface area (Å²) in [6.07, 6.45) is 1.46. The number of hydrogen-bond donors (Lipinski definition) is 2. The van der Waals surface area contributed by atoms with E-state index in [-0.39, 0.29) is 17.0 Å². The lowest BCUT2D eigenvalue weighted by Gasteiger charge is -2.22. The zero-order valence-corrected chi connectivity index (χ0v) is 15.5. The number of nitriles is 1. The average molecular weight is 328 g/mol. The van der Waals surface area contributed by atoms with E-state index in [0.29, 0.717) is 0 Å². The summed E-state index contributed by atoms with van der Waals surface area (Å²) < 4.78 is 0. The van der Waals surface area contributed by atoms with Crippen molar-refractivity contribution in [3.8, 4) is 6.07 Å². The van der Waals surface area contributed by atoms with Crippen LogP contribution < -0.4 is 15.5 Å². The predicted molar refractivity (Wildman–Crippen MR) is 100.0 cm³/mol. The number of benzene rings is 1. The number of amides is 1. The molecule has 1 aromatic carbocycles. The molecule has 0 saturated heterocycles. The van der Waals surface area contributed by atoms with Crippen LogP contribution in [0.2, 0.25) is 0 Å². The van der Waals surface area contributed by atoms with Crippen LogP contribution in [0.15, 0.2) is 30.0 Å². The molecule has 1 rings (SSSR count). The average Bonchev–Trinajstić information content (AvgIpc) is 2.49. The van der Waals surface area contributed by atoms with Gasteiger partial charge >= 0.3 is 0 Å². The summed E-state index contributed by atoms with van der Waals surface area (Å²) >= 11 is 0. The molecule has 24 heavy (non-hydrogen) atoms. The third-order valence-corrected chi connectivity index (χ3v) is 3.56. The molecular formula is C19H28N4O. The van der Waals surface area contributed by atoms with Crippen LogP contribution in [-0.2, 0) is 4.79 Å². The SMILES string of the molecule is CCN(CC)c1ccc(N/C=C(/C#N)C(=O)NC(C)(C)C)c(C)c1. The minimum atomic E-state index is -0.381. The van der Waals surface area contributed by atoms with Crippen LogP contribution in [0.4, 0.5) is 11.4 Å². The van der Waals surface area contributed by atoms with Crippen molar-refractivity contribution in [2.45, 2.75) is 47.1 Å². The number of rotatable bonds is 6. The van der Waals surface area contributed by atoms with E-state index in [4.69, 9.17) is 0 Å². The molecule has 5 heteroatoms. The molecule has 0 aliphatic heterocycles. The zero-order chi connectivity index (χ0) is 18.3. The molecule has 0 spiro atoms. The first-order chi connectivity index (χ1) is 11.2. The van der Waals surface area contributed by atoms with Gasteiger partial charge in [-0.2, -0.15) is 5.26 Å². The van der Waals surface area contributed by atoms with Crippen LogP contribution >= 0.6 is 0 Å². The van der Waals surface area contributed by atoms with Gasteiger partial charge in [0.1, 0.15) is 11.6 Å². The summed E-state index contributed by atoms with van der Waals surface area (Å²) in [6.45, 7) is 13.8. The van der Waals surface area contributed by atoms with Crippen LogP contribution in [0.5, 0.6) is 0 Å². The highest BCUT2D eigenvalue weighted by atomic mass is 16.1. The third-order valence-electron chi connectivity index (χ3n) is 3.56. The van der Waals surface area contributed by atoms with Crippen molar-refractivity contribution in [1.82, 2.24) is 5.32 Å². The number of hydrogen-bond acceptors (Lipinski definition) is 4. The maximum absolute atomic E-state index is 12.1. The second kappa shape index (κ2) is 8.39. The Labute approximate surface area is 145 Å². The Hall–Kier alpha value is -2.48. The normalized spacial score (nSPS) is 11.6. The summed E-state index contributed by atoms with van der Waals surface area (Å²) in [7, 11) is 0. The Morgan fingerprint density at radius 2 is 1.92 bits per heavy atom. The summed E-state index contributed by atoms with van der Waals surface area (Å²) in [5.74, 6) is -0.380. The quantitative estimate of drug-likeness (QED) is 0.619. The molecule has 0 atom stereocenters. The van der Waals surface area contributed by atoms with Crippen LogP contribution in [0.3, 0.4) is 0 Å². The number of carbonyl (C=O) groups is 1.